The number of thioether (sulfide) groups is 1. The summed E-state index contributed by atoms with van der Waals surface area (Å²) < 4.78 is 4.58. The van der Waals surface area contributed by atoms with E-state index < -0.39 is 6.04 Å². The highest BCUT2D eigenvalue weighted by atomic mass is 32.2. The molecule has 0 aromatic carbocycles. The van der Waals surface area contributed by atoms with Crippen LogP contribution in [0.2, 0.25) is 0 Å². The van der Waals surface area contributed by atoms with E-state index in [1.807, 2.05) is 0 Å². The topological polar surface area (TPSA) is 52.3 Å². The molecule has 0 amide bonds. The predicted molar refractivity (Wildman–Crippen MR) is 79.9 cm³/mol. The monoisotopic (exact) mass is 275 g/mol. The number of rotatable bonds is 12. The summed E-state index contributed by atoms with van der Waals surface area (Å²) in [6.45, 7) is 2.25. The molecule has 0 spiro atoms. The molecule has 0 saturated carbocycles. The first-order valence-corrected chi connectivity index (χ1v) is 8.29. The largest absolute Gasteiger partial charge is 0.468 e. The number of esters is 1. The van der Waals surface area contributed by atoms with Crippen LogP contribution < -0.4 is 5.73 Å². The lowest BCUT2D eigenvalue weighted by atomic mass is 10.1. The van der Waals surface area contributed by atoms with Crippen LogP contribution in [0.4, 0.5) is 0 Å². The number of hydrogen-bond acceptors (Lipinski definition) is 4. The van der Waals surface area contributed by atoms with Gasteiger partial charge < -0.3 is 10.5 Å². The molecule has 2 N–H and O–H groups in total. The van der Waals surface area contributed by atoms with Crippen LogP contribution in [0.3, 0.4) is 0 Å². The summed E-state index contributed by atoms with van der Waals surface area (Å²) in [5, 5.41) is 0. The standard InChI is InChI=1S/C14H29NO2S/c1-3-4-5-6-7-8-9-10-11-18-12-13(15)14(16)17-2/h13H,3-12,15H2,1-2H3. The van der Waals surface area contributed by atoms with Gasteiger partial charge in [0, 0.05) is 5.75 Å². The Morgan fingerprint density at radius 2 is 1.67 bits per heavy atom. The lowest BCUT2D eigenvalue weighted by Gasteiger charge is -2.08. The number of carbonyl (C=O) groups excluding carboxylic acids is 1. The molecule has 0 aromatic rings. The van der Waals surface area contributed by atoms with Gasteiger partial charge in [-0.3, -0.25) is 4.79 Å². The third-order valence-electron chi connectivity index (χ3n) is 2.94. The third-order valence-corrected chi connectivity index (χ3v) is 4.12. The minimum atomic E-state index is -0.464. The summed E-state index contributed by atoms with van der Waals surface area (Å²) >= 11 is 1.75. The van der Waals surface area contributed by atoms with E-state index in [1.165, 1.54) is 58.5 Å². The lowest BCUT2D eigenvalue weighted by Crippen LogP contribution is -2.33. The van der Waals surface area contributed by atoms with Crippen molar-refractivity contribution in [1.82, 2.24) is 0 Å². The van der Waals surface area contributed by atoms with Crippen LogP contribution >= 0.6 is 11.8 Å². The Balaban J connectivity index is 3.14. The van der Waals surface area contributed by atoms with Gasteiger partial charge in [-0.05, 0) is 12.2 Å². The van der Waals surface area contributed by atoms with Crippen molar-refractivity contribution in [1.29, 1.82) is 0 Å². The SMILES string of the molecule is CCCCCCCCCCSCC(N)C(=O)OC. The van der Waals surface area contributed by atoms with Crippen molar-refractivity contribution in [3.05, 3.63) is 0 Å². The van der Waals surface area contributed by atoms with Crippen LogP contribution in [0.15, 0.2) is 0 Å². The van der Waals surface area contributed by atoms with Crippen molar-refractivity contribution in [3.8, 4) is 0 Å². The van der Waals surface area contributed by atoms with E-state index in [4.69, 9.17) is 5.73 Å². The second-order valence-electron chi connectivity index (χ2n) is 4.68. The fourth-order valence-corrected chi connectivity index (χ4v) is 2.73. The molecule has 0 heterocycles. The molecular formula is C14H29NO2S. The number of unbranched alkanes of at least 4 members (excludes halogenated alkanes) is 7. The summed E-state index contributed by atoms with van der Waals surface area (Å²) in [6, 6.07) is -0.464. The van der Waals surface area contributed by atoms with Crippen molar-refractivity contribution in [2.75, 3.05) is 18.6 Å². The average molecular weight is 275 g/mol. The van der Waals surface area contributed by atoms with Gasteiger partial charge >= 0.3 is 5.97 Å². The Kier molecular flexibility index (Phi) is 13.1. The summed E-state index contributed by atoms with van der Waals surface area (Å²) in [5.74, 6) is 1.46. The van der Waals surface area contributed by atoms with Gasteiger partial charge in [-0.15, -0.1) is 0 Å². The molecule has 0 fully saturated rings. The van der Waals surface area contributed by atoms with E-state index in [-0.39, 0.29) is 5.97 Å². The van der Waals surface area contributed by atoms with Crippen molar-refractivity contribution in [3.63, 3.8) is 0 Å². The van der Waals surface area contributed by atoms with E-state index >= 15 is 0 Å². The number of nitrogens with two attached hydrogens (primary N) is 1. The third kappa shape index (κ3) is 10.9. The molecule has 4 heteroatoms. The zero-order chi connectivity index (χ0) is 13.6. The molecular weight excluding hydrogens is 246 g/mol. The smallest absolute Gasteiger partial charge is 0.323 e. The first-order chi connectivity index (χ1) is 8.72. The zero-order valence-electron chi connectivity index (χ0n) is 12.0. The summed E-state index contributed by atoms with van der Waals surface area (Å²) in [4.78, 5) is 11.0. The maximum absolute atomic E-state index is 11.0. The molecule has 3 nitrogen and oxygen atoms in total. The highest BCUT2D eigenvalue weighted by Crippen LogP contribution is 2.11. The number of ether oxygens (including phenoxy) is 1. The normalized spacial score (nSPS) is 12.4. The Hall–Kier alpha value is -0.220. The minimum Gasteiger partial charge on any atom is -0.468 e. The molecule has 18 heavy (non-hydrogen) atoms. The van der Waals surface area contributed by atoms with Crippen molar-refractivity contribution < 1.29 is 9.53 Å². The Labute approximate surface area is 116 Å². The molecule has 1 unspecified atom stereocenters. The highest BCUT2D eigenvalue weighted by molar-refractivity contribution is 7.99. The summed E-state index contributed by atoms with van der Waals surface area (Å²) in [7, 11) is 1.38. The van der Waals surface area contributed by atoms with Crippen molar-refractivity contribution >= 4 is 17.7 Å². The molecule has 0 aliphatic heterocycles. The molecule has 108 valence electrons. The second kappa shape index (κ2) is 13.2. The van der Waals surface area contributed by atoms with Gasteiger partial charge in [0.2, 0.25) is 0 Å². The van der Waals surface area contributed by atoms with Crippen molar-refractivity contribution in [2.45, 2.75) is 64.3 Å². The first kappa shape index (κ1) is 17.8. The van der Waals surface area contributed by atoms with Gasteiger partial charge in [0.1, 0.15) is 6.04 Å². The van der Waals surface area contributed by atoms with Gasteiger partial charge in [-0.2, -0.15) is 11.8 Å². The quantitative estimate of drug-likeness (QED) is 0.438. The molecule has 0 aliphatic carbocycles. The molecule has 0 saturated heterocycles. The second-order valence-corrected chi connectivity index (χ2v) is 5.83. The van der Waals surface area contributed by atoms with E-state index in [0.717, 1.165) is 5.75 Å². The minimum absolute atomic E-state index is 0.307. The van der Waals surface area contributed by atoms with Gasteiger partial charge in [-0.1, -0.05) is 51.9 Å². The van der Waals surface area contributed by atoms with E-state index in [1.54, 1.807) is 11.8 Å². The van der Waals surface area contributed by atoms with E-state index in [0.29, 0.717) is 5.75 Å². The van der Waals surface area contributed by atoms with E-state index in [9.17, 15) is 4.79 Å². The number of carbonyl (C=O) groups is 1. The summed E-state index contributed by atoms with van der Waals surface area (Å²) in [5.41, 5.74) is 5.64. The van der Waals surface area contributed by atoms with Crippen molar-refractivity contribution in [2.24, 2.45) is 5.73 Å². The Morgan fingerprint density at radius 1 is 1.11 bits per heavy atom. The van der Waals surface area contributed by atoms with Crippen LogP contribution in [-0.4, -0.2) is 30.6 Å². The molecule has 0 aliphatic rings. The fraction of sp³-hybridized carbons (Fsp3) is 0.929. The maximum atomic E-state index is 11.0. The predicted octanol–water partition coefficient (Wildman–Crippen LogP) is 3.36. The van der Waals surface area contributed by atoms with Gasteiger partial charge in [-0.25, -0.2) is 0 Å². The molecule has 1 atom stereocenters. The van der Waals surface area contributed by atoms with Crippen LogP contribution in [0, 0.1) is 0 Å². The van der Waals surface area contributed by atoms with Gasteiger partial charge in [0.25, 0.3) is 0 Å². The summed E-state index contributed by atoms with van der Waals surface area (Å²) in [6.07, 6.45) is 10.7. The Bertz CT molecular complexity index is 200. The van der Waals surface area contributed by atoms with Gasteiger partial charge in [0.15, 0.2) is 0 Å². The lowest BCUT2D eigenvalue weighted by molar-refractivity contribution is -0.141. The van der Waals surface area contributed by atoms with E-state index in [2.05, 4.69) is 11.7 Å². The molecule has 0 radical (unpaired) electrons. The number of hydrogen-bond donors (Lipinski definition) is 1. The fourth-order valence-electron chi connectivity index (χ4n) is 1.77. The molecule has 0 rings (SSSR count). The maximum Gasteiger partial charge on any atom is 0.323 e. The van der Waals surface area contributed by atoms with Crippen LogP contribution in [0.1, 0.15) is 58.3 Å². The van der Waals surface area contributed by atoms with Crippen LogP contribution in [0.5, 0.6) is 0 Å². The zero-order valence-corrected chi connectivity index (χ0v) is 12.8. The average Bonchev–Trinajstić information content (AvgIpc) is 2.39. The Morgan fingerprint density at radius 3 is 2.22 bits per heavy atom. The van der Waals surface area contributed by atoms with Gasteiger partial charge in [0.05, 0.1) is 7.11 Å². The first-order valence-electron chi connectivity index (χ1n) is 7.13. The van der Waals surface area contributed by atoms with Crippen LogP contribution in [0.25, 0.3) is 0 Å². The molecule has 0 bridgehead atoms. The molecule has 0 aromatic heterocycles. The highest BCUT2D eigenvalue weighted by Gasteiger charge is 2.12. The number of methoxy groups -OCH3 is 1. The van der Waals surface area contributed by atoms with Crippen LogP contribution in [-0.2, 0) is 9.53 Å².